The Labute approximate surface area is 114 Å². The molecule has 0 amide bonds. The maximum atomic E-state index is 10.5. The molecule has 0 bridgehead atoms. The first-order chi connectivity index (χ1) is 9.04. The maximum absolute atomic E-state index is 10.5. The van der Waals surface area contributed by atoms with Crippen molar-refractivity contribution in [2.24, 2.45) is 0 Å². The van der Waals surface area contributed by atoms with Gasteiger partial charge in [0.1, 0.15) is 5.75 Å². The predicted octanol–water partition coefficient (Wildman–Crippen LogP) is 2.17. The van der Waals surface area contributed by atoms with Crippen molar-refractivity contribution in [3.63, 3.8) is 0 Å². The minimum atomic E-state index is -0.510. The van der Waals surface area contributed by atoms with Crippen LogP contribution in [-0.2, 0) is 6.42 Å². The molecule has 0 spiro atoms. The van der Waals surface area contributed by atoms with Crippen molar-refractivity contribution >= 4 is 5.69 Å². The standard InChI is InChI=1S/C15H24N2O2/c1-4-16-14-10-5-7-12(17-9(2)3)15(19)11(10)6-8-13(14)18/h6,8-9,12,15-19H,4-5,7H2,1-3H3. The van der Waals surface area contributed by atoms with Crippen LogP contribution in [0.5, 0.6) is 5.75 Å². The molecule has 0 aliphatic heterocycles. The van der Waals surface area contributed by atoms with Crippen LogP contribution in [-0.4, -0.2) is 28.8 Å². The van der Waals surface area contributed by atoms with Crippen molar-refractivity contribution in [1.82, 2.24) is 5.32 Å². The fourth-order valence-electron chi connectivity index (χ4n) is 2.85. The topological polar surface area (TPSA) is 64.5 Å². The number of phenols is 1. The fourth-order valence-corrected chi connectivity index (χ4v) is 2.85. The number of aliphatic hydroxyl groups is 1. The molecule has 0 saturated carbocycles. The SMILES string of the molecule is CCNc1c(O)ccc2c1CCC(NC(C)C)C2O. The average Bonchev–Trinajstić information content (AvgIpc) is 2.36. The first kappa shape index (κ1) is 14.2. The minimum absolute atomic E-state index is 0.0894. The van der Waals surface area contributed by atoms with Gasteiger partial charge in [0, 0.05) is 18.6 Å². The van der Waals surface area contributed by atoms with Gasteiger partial charge in [0.15, 0.2) is 0 Å². The van der Waals surface area contributed by atoms with Crippen LogP contribution in [0.25, 0.3) is 0 Å². The first-order valence-electron chi connectivity index (χ1n) is 7.07. The first-order valence-corrected chi connectivity index (χ1v) is 7.07. The van der Waals surface area contributed by atoms with Crippen molar-refractivity contribution in [2.45, 2.75) is 51.8 Å². The van der Waals surface area contributed by atoms with E-state index in [0.29, 0.717) is 6.04 Å². The highest BCUT2D eigenvalue weighted by Gasteiger charge is 2.30. The second kappa shape index (κ2) is 5.80. The molecule has 0 aromatic heterocycles. The van der Waals surface area contributed by atoms with E-state index in [-0.39, 0.29) is 11.8 Å². The van der Waals surface area contributed by atoms with Crippen molar-refractivity contribution in [2.75, 3.05) is 11.9 Å². The number of rotatable bonds is 4. The van der Waals surface area contributed by atoms with Gasteiger partial charge in [0.25, 0.3) is 0 Å². The zero-order chi connectivity index (χ0) is 14.0. The highest BCUT2D eigenvalue weighted by Crippen LogP contribution is 2.39. The summed E-state index contributed by atoms with van der Waals surface area (Å²) in [5.74, 6) is 0.267. The molecule has 4 N–H and O–H groups in total. The molecular weight excluding hydrogens is 240 g/mol. The van der Waals surface area contributed by atoms with Gasteiger partial charge >= 0.3 is 0 Å². The van der Waals surface area contributed by atoms with E-state index in [1.54, 1.807) is 6.07 Å². The van der Waals surface area contributed by atoms with Gasteiger partial charge in [-0.05, 0) is 37.0 Å². The molecule has 2 atom stereocenters. The lowest BCUT2D eigenvalue weighted by atomic mass is 9.84. The van der Waals surface area contributed by atoms with E-state index < -0.39 is 6.10 Å². The second-order valence-electron chi connectivity index (χ2n) is 5.47. The summed E-state index contributed by atoms with van der Waals surface area (Å²) >= 11 is 0. The number of nitrogens with one attached hydrogen (secondary N) is 2. The summed E-state index contributed by atoms with van der Waals surface area (Å²) < 4.78 is 0. The summed E-state index contributed by atoms with van der Waals surface area (Å²) in [5.41, 5.74) is 2.76. The van der Waals surface area contributed by atoms with E-state index in [4.69, 9.17) is 0 Å². The van der Waals surface area contributed by atoms with Crippen LogP contribution in [0.4, 0.5) is 5.69 Å². The van der Waals surface area contributed by atoms with Gasteiger partial charge in [-0.1, -0.05) is 19.9 Å². The van der Waals surface area contributed by atoms with Crippen LogP contribution in [0.2, 0.25) is 0 Å². The Hall–Kier alpha value is -1.26. The van der Waals surface area contributed by atoms with Crippen LogP contribution in [0.1, 0.15) is 44.4 Å². The number of benzene rings is 1. The molecule has 0 heterocycles. The Morgan fingerprint density at radius 2 is 2.11 bits per heavy atom. The molecule has 0 fully saturated rings. The minimum Gasteiger partial charge on any atom is -0.506 e. The van der Waals surface area contributed by atoms with Crippen LogP contribution in [0.3, 0.4) is 0 Å². The van der Waals surface area contributed by atoms with E-state index in [1.807, 2.05) is 13.0 Å². The van der Waals surface area contributed by atoms with Crippen molar-refractivity contribution in [3.05, 3.63) is 23.3 Å². The molecule has 0 saturated heterocycles. The molecule has 1 aromatic carbocycles. The summed E-state index contributed by atoms with van der Waals surface area (Å²) in [6, 6.07) is 3.94. The molecule has 0 radical (unpaired) electrons. The zero-order valence-corrected chi connectivity index (χ0v) is 11.9. The van der Waals surface area contributed by atoms with Crippen LogP contribution in [0, 0.1) is 0 Å². The van der Waals surface area contributed by atoms with Gasteiger partial charge in [-0.25, -0.2) is 0 Å². The van der Waals surface area contributed by atoms with Gasteiger partial charge in [-0.15, -0.1) is 0 Å². The molecule has 19 heavy (non-hydrogen) atoms. The monoisotopic (exact) mass is 264 g/mol. The largest absolute Gasteiger partial charge is 0.506 e. The molecule has 1 aliphatic rings. The van der Waals surface area contributed by atoms with Gasteiger partial charge < -0.3 is 20.8 Å². The smallest absolute Gasteiger partial charge is 0.138 e. The lowest BCUT2D eigenvalue weighted by Gasteiger charge is -2.33. The van der Waals surface area contributed by atoms with Gasteiger partial charge in [-0.2, -0.15) is 0 Å². The molecular formula is C15H24N2O2. The van der Waals surface area contributed by atoms with Crippen LogP contribution >= 0.6 is 0 Å². The third kappa shape index (κ3) is 2.85. The number of hydrogen-bond acceptors (Lipinski definition) is 4. The fraction of sp³-hybridized carbons (Fsp3) is 0.600. The molecule has 1 aromatic rings. The molecule has 4 nitrogen and oxygen atoms in total. The van der Waals surface area contributed by atoms with E-state index in [9.17, 15) is 10.2 Å². The summed E-state index contributed by atoms with van der Waals surface area (Å²) in [5, 5.41) is 27.0. The Bertz CT molecular complexity index is 446. The Kier molecular flexibility index (Phi) is 4.32. The maximum Gasteiger partial charge on any atom is 0.138 e. The third-order valence-electron chi connectivity index (χ3n) is 3.63. The predicted molar refractivity (Wildman–Crippen MR) is 77.6 cm³/mol. The number of phenolic OH excluding ortho intramolecular Hbond substituents is 1. The number of fused-ring (bicyclic) bond motifs is 1. The quantitative estimate of drug-likeness (QED) is 0.629. The van der Waals surface area contributed by atoms with E-state index in [1.165, 1.54) is 0 Å². The molecule has 4 heteroatoms. The number of aliphatic hydroxyl groups excluding tert-OH is 1. The lowest BCUT2D eigenvalue weighted by molar-refractivity contribution is 0.110. The summed E-state index contributed by atoms with van der Waals surface area (Å²) in [7, 11) is 0. The number of aromatic hydroxyl groups is 1. The van der Waals surface area contributed by atoms with E-state index >= 15 is 0 Å². The third-order valence-corrected chi connectivity index (χ3v) is 3.63. The van der Waals surface area contributed by atoms with Gasteiger partial charge in [-0.3, -0.25) is 0 Å². The van der Waals surface area contributed by atoms with Crippen LogP contribution in [0.15, 0.2) is 12.1 Å². The highest BCUT2D eigenvalue weighted by molar-refractivity contribution is 5.65. The average molecular weight is 264 g/mol. The Balaban J connectivity index is 2.32. The Morgan fingerprint density at radius 1 is 1.37 bits per heavy atom. The normalized spacial score (nSPS) is 22.4. The van der Waals surface area contributed by atoms with Crippen molar-refractivity contribution in [1.29, 1.82) is 0 Å². The van der Waals surface area contributed by atoms with E-state index in [2.05, 4.69) is 24.5 Å². The van der Waals surface area contributed by atoms with Crippen molar-refractivity contribution in [3.8, 4) is 5.75 Å². The van der Waals surface area contributed by atoms with Gasteiger partial charge in [0.2, 0.25) is 0 Å². The molecule has 2 rings (SSSR count). The summed E-state index contributed by atoms with van der Waals surface area (Å²) in [6.45, 7) is 6.93. The summed E-state index contributed by atoms with van der Waals surface area (Å²) in [6.07, 6.45) is 1.24. The van der Waals surface area contributed by atoms with Crippen LogP contribution < -0.4 is 10.6 Å². The molecule has 2 unspecified atom stereocenters. The van der Waals surface area contributed by atoms with Crippen molar-refractivity contribution < 1.29 is 10.2 Å². The second-order valence-corrected chi connectivity index (χ2v) is 5.47. The van der Waals surface area contributed by atoms with E-state index in [0.717, 1.165) is 36.2 Å². The number of hydrogen-bond donors (Lipinski definition) is 4. The lowest BCUT2D eigenvalue weighted by Crippen LogP contribution is -2.42. The van der Waals surface area contributed by atoms with Gasteiger partial charge in [0.05, 0.1) is 11.8 Å². The summed E-state index contributed by atoms with van der Waals surface area (Å²) in [4.78, 5) is 0. The Morgan fingerprint density at radius 3 is 2.74 bits per heavy atom. The number of anilines is 1. The zero-order valence-electron chi connectivity index (χ0n) is 11.9. The molecule has 1 aliphatic carbocycles. The highest BCUT2D eigenvalue weighted by atomic mass is 16.3. The molecule has 106 valence electrons.